The maximum Gasteiger partial charge on any atom is 0.251 e. The Kier molecular flexibility index (Phi) is 5.27. The third kappa shape index (κ3) is 3.85. The van der Waals surface area contributed by atoms with E-state index in [2.05, 4.69) is 0 Å². The molecule has 20 heavy (non-hydrogen) atoms. The van der Waals surface area contributed by atoms with Gasteiger partial charge in [-0.1, -0.05) is 23.2 Å². The van der Waals surface area contributed by atoms with E-state index in [0.29, 0.717) is 23.1 Å². The van der Waals surface area contributed by atoms with E-state index in [9.17, 15) is 4.79 Å². The standard InChI is InChI=1S/C14H18Cl2N2O2/c1-18(8-9-4-10(15)6-11(16)5-9)14(19)13-3-2-12(7-17)20-13/h4-6,12-13H,2-3,7-8,17H2,1H3/t12-,13+/m1/s1. The molecule has 110 valence electrons. The summed E-state index contributed by atoms with van der Waals surface area (Å²) in [7, 11) is 1.75. The summed E-state index contributed by atoms with van der Waals surface area (Å²) in [4.78, 5) is 13.9. The van der Waals surface area contributed by atoms with Crippen molar-refractivity contribution in [1.82, 2.24) is 4.90 Å². The molecule has 1 aliphatic rings. The van der Waals surface area contributed by atoms with Gasteiger partial charge in [0.25, 0.3) is 5.91 Å². The van der Waals surface area contributed by atoms with Gasteiger partial charge in [0, 0.05) is 30.2 Å². The molecular formula is C14H18Cl2N2O2. The molecule has 0 saturated carbocycles. The number of hydrogen-bond donors (Lipinski definition) is 1. The highest BCUT2D eigenvalue weighted by molar-refractivity contribution is 6.34. The quantitative estimate of drug-likeness (QED) is 0.928. The number of amides is 1. The lowest BCUT2D eigenvalue weighted by Crippen LogP contribution is -2.36. The van der Waals surface area contributed by atoms with Gasteiger partial charge >= 0.3 is 0 Å². The van der Waals surface area contributed by atoms with Crippen LogP contribution in [0.2, 0.25) is 10.0 Å². The fourth-order valence-electron chi connectivity index (χ4n) is 2.36. The average Bonchev–Trinajstić information content (AvgIpc) is 2.85. The number of likely N-dealkylation sites (N-methyl/N-ethyl adjacent to an activating group) is 1. The predicted molar refractivity (Wildman–Crippen MR) is 79.9 cm³/mol. The van der Waals surface area contributed by atoms with E-state index in [1.165, 1.54) is 0 Å². The summed E-state index contributed by atoms with van der Waals surface area (Å²) in [6.45, 7) is 0.906. The molecular weight excluding hydrogens is 299 g/mol. The summed E-state index contributed by atoms with van der Waals surface area (Å²) in [6, 6.07) is 5.27. The Labute approximate surface area is 128 Å². The summed E-state index contributed by atoms with van der Waals surface area (Å²) in [5.41, 5.74) is 6.45. The topological polar surface area (TPSA) is 55.6 Å². The minimum Gasteiger partial charge on any atom is -0.364 e. The molecule has 6 heteroatoms. The molecule has 2 rings (SSSR count). The van der Waals surface area contributed by atoms with Crippen LogP contribution in [0.4, 0.5) is 0 Å². The molecule has 1 saturated heterocycles. The van der Waals surface area contributed by atoms with Gasteiger partial charge in [0.15, 0.2) is 0 Å². The Balaban J connectivity index is 1.97. The van der Waals surface area contributed by atoms with E-state index < -0.39 is 0 Å². The van der Waals surface area contributed by atoms with E-state index >= 15 is 0 Å². The monoisotopic (exact) mass is 316 g/mol. The summed E-state index contributed by atoms with van der Waals surface area (Å²) in [6.07, 6.45) is 1.17. The molecule has 0 radical (unpaired) electrons. The van der Waals surface area contributed by atoms with Crippen LogP contribution in [-0.2, 0) is 16.1 Å². The van der Waals surface area contributed by atoms with Crippen LogP contribution in [-0.4, -0.2) is 36.6 Å². The molecule has 0 bridgehead atoms. The Hall–Kier alpha value is -0.810. The normalized spacial score (nSPS) is 22.0. The highest BCUT2D eigenvalue weighted by Gasteiger charge is 2.31. The molecule has 0 aromatic heterocycles. The van der Waals surface area contributed by atoms with Gasteiger partial charge in [0.2, 0.25) is 0 Å². The molecule has 1 amide bonds. The van der Waals surface area contributed by atoms with Crippen LogP contribution < -0.4 is 5.73 Å². The van der Waals surface area contributed by atoms with E-state index in [-0.39, 0.29) is 18.1 Å². The van der Waals surface area contributed by atoms with E-state index in [1.807, 2.05) is 0 Å². The maximum atomic E-state index is 12.3. The Morgan fingerprint density at radius 3 is 2.55 bits per heavy atom. The zero-order valence-corrected chi connectivity index (χ0v) is 12.8. The van der Waals surface area contributed by atoms with Crippen molar-refractivity contribution in [3.63, 3.8) is 0 Å². The summed E-state index contributed by atoms with van der Waals surface area (Å²) in [5.74, 6) is -0.0305. The van der Waals surface area contributed by atoms with Crippen LogP contribution in [0, 0.1) is 0 Å². The number of ether oxygens (including phenoxy) is 1. The van der Waals surface area contributed by atoms with E-state index in [0.717, 1.165) is 18.4 Å². The van der Waals surface area contributed by atoms with Gasteiger partial charge in [-0.15, -0.1) is 0 Å². The van der Waals surface area contributed by atoms with Crippen molar-refractivity contribution >= 4 is 29.1 Å². The molecule has 1 fully saturated rings. The zero-order valence-electron chi connectivity index (χ0n) is 11.3. The van der Waals surface area contributed by atoms with Gasteiger partial charge in [0.05, 0.1) is 6.10 Å². The number of carbonyl (C=O) groups excluding carboxylic acids is 1. The van der Waals surface area contributed by atoms with Crippen molar-refractivity contribution in [3.05, 3.63) is 33.8 Å². The Morgan fingerprint density at radius 1 is 1.35 bits per heavy atom. The van der Waals surface area contributed by atoms with E-state index in [1.54, 1.807) is 30.1 Å². The van der Waals surface area contributed by atoms with Crippen molar-refractivity contribution in [2.75, 3.05) is 13.6 Å². The first-order valence-electron chi connectivity index (χ1n) is 6.55. The molecule has 0 aliphatic carbocycles. The van der Waals surface area contributed by atoms with Crippen LogP contribution in [0.25, 0.3) is 0 Å². The van der Waals surface area contributed by atoms with Crippen molar-refractivity contribution in [3.8, 4) is 0 Å². The Bertz CT molecular complexity index is 476. The molecule has 0 spiro atoms. The molecule has 1 aliphatic heterocycles. The minimum atomic E-state index is -0.386. The number of nitrogens with two attached hydrogens (primary N) is 1. The number of hydrogen-bond acceptors (Lipinski definition) is 3. The second-order valence-electron chi connectivity index (χ2n) is 5.03. The van der Waals surface area contributed by atoms with Crippen molar-refractivity contribution in [2.45, 2.75) is 31.6 Å². The minimum absolute atomic E-state index is 0.00189. The van der Waals surface area contributed by atoms with Crippen LogP contribution in [0.3, 0.4) is 0 Å². The van der Waals surface area contributed by atoms with Crippen molar-refractivity contribution in [1.29, 1.82) is 0 Å². The first-order valence-corrected chi connectivity index (χ1v) is 7.30. The molecule has 4 nitrogen and oxygen atoms in total. The van der Waals surface area contributed by atoms with Gasteiger partial charge in [-0.2, -0.15) is 0 Å². The molecule has 0 unspecified atom stereocenters. The van der Waals surface area contributed by atoms with Crippen LogP contribution >= 0.6 is 23.2 Å². The molecule has 2 atom stereocenters. The predicted octanol–water partition coefficient (Wildman–Crippen LogP) is 2.46. The van der Waals surface area contributed by atoms with Crippen LogP contribution in [0.5, 0.6) is 0 Å². The van der Waals surface area contributed by atoms with Gasteiger partial charge in [0.1, 0.15) is 6.10 Å². The lowest BCUT2D eigenvalue weighted by Gasteiger charge is -2.21. The second kappa shape index (κ2) is 6.76. The van der Waals surface area contributed by atoms with Gasteiger partial charge in [-0.3, -0.25) is 4.79 Å². The third-order valence-corrected chi connectivity index (χ3v) is 3.80. The van der Waals surface area contributed by atoms with Crippen LogP contribution in [0.15, 0.2) is 18.2 Å². The third-order valence-electron chi connectivity index (χ3n) is 3.36. The van der Waals surface area contributed by atoms with Gasteiger partial charge in [-0.05, 0) is 36.6 Å². The number of halogens is 2. The SMILES string of the molecule is CN(Cc1cc(Cl)cc(Cl)c1)C(=O)[C@@H]1CC[C@H](CN)O1. The number of benzene rings is 1. The maximum absolute atomic E-state index is 12.3. The number of carbonyl (C=O) groups is 1. The summed E-state index contributed by atoms with van der Waals surface area (Å²) < 4.78 is 5.61. The summed E-state index contributed by atoms with van der Waals surface area (Å²) in [5, 5.41) is 1.13. The highest BCUT2D eigenvalue weighted by Crippen LogP contribution is 2.23. The molecule has 2 N–H and O–H groups in total. The highest BCUT2D eigenvalue weighted by atomic mass is 35.5. The fraction of sp³-hybridized carbons (Fsp3) is 0.500. The average molecular weight is 317 g/mol. The second-order valence-corrected chi connectivity index (χ2v) is 5.90. The van der Waals surface area contributed by atoms with E-state index in [4.69, 9.17) is 33.7 Å². The molecule has 1 aromatic rings. The number of rotatable bonds is 4. The van der Waals surface area contributed by atoms with Crippen LogP contribution in [0.1, 0.15) is 18.4 Å². The molecule has 1 aromatic carbocycles. The smallest absolute Gasteiger partial charge is 0.251 e. The fourth-order valence-corrected chi connectivity index (χ4v) is 2.93. The first-order chi connectivity index (χ1) is 9.49. The van der Waals surface area contributed by atoms with Gasteiger partial charge < -0.3 is 15.4 Å². The van der Waals surface area contributed by atoms with Crippen molar-refractivity contribution in [2.24, 2.45) is 5.73 Å². The number of nitrogens with zero attached hydrogens (tertiary/aromatic N) is 1. The largest absolute Gasteiger partial charge is 0.364 e. The lowest BCUT2D eigenvalue weighted by molar-refractivity contribution is -0.141. The molecule has 1 heterocycles. The van der Waals surface area contributed by atoms with Gasteiger partial charge in [-0.25, -0.2) is 0 Å². The first kappa shape index (κ1) is 15.6. The lowest BCUT2D eigenvalue weighted by atomic mass is 10.1. The van der Waals surface area contributed by atoms with Crippen molar-refractivity contribution < 1.29 is 9.53 Å². The summed E-state index contributed by atoms with van der Waals surface area (Å²) >= 11 is 11.9. The Morgan fingerprint density at radius 2 is 2.00 bits per heavy atom. The zero-order chi connectivity index (χ0) is 14.7.